The first kappa shape index (κ1) is 22.3. The molecule has 1 aliphatic rings. The highest BCUT2D eigenvalue weighted by Crippen LogP contribution is 2.32. The Labute approximate surface area is 203 Å². The molecule has 3 aromatic carbocycles. The number of anilines is 2. The predicted molar refractivity (Wildman–Crippen MR) is 134 cm³/mol. The summed E-state index contributed by atoms with van der Waals surface area (Å²) in [5.74, 6) is -1.20. The molecule has 1 aliphatic heterocycles. The van der Waals surface area contributed by atoms with E-state index in [1.54, 1.807) is 22.9 Å². The van der Waals surface area contributed by atoms with Gasteiger partial charge in [0.15, 0.2) is 0 Å². The van der Waals surface area contributed by atoms with Crippen molar-refractivity contribution in [1.29, 1.82) is 0 Å². The maximum atomic E-state index is 13.2. The average Bonchev–Trinajstić information content (AvgIpc) is 3.30. The summed E-state index contributed by atoms with van der Waals surface area (Å²) < 4.78 is 1.78. The second-order valence-corrected chi connectivity index (χ2v) is 8.81. The highest BCUT2D eigenvalue weighted by atomic mass is 16.2. The molecule has 0 atom stereocenters. The molecule has 0 spiro atoms. The van der Waals surface area contributed by atoms with Gasteiger partial charge >= 0.3 is 0 Å². The van der Waals surface area contributed by atoms with Crippen LogP contribution in [-0.4, -0.2) is 27.5 Å². The zero-order valence-corrected chi connectivity index (χ0v) is 19.9. The van der Waals surface area contributed by atoms with Gasteiger partial charge in [0.1, 0.15) is 0 Å². The summed E-state index contributed by atoms with van der Waals surface area (Å²) in [6.45, 7) is 7.63. The van der Waals surface area contributed by atoms with E-state index in [0.717, 1.165) is 28.2 Å². The number of benzene rings is 3. The van der Waals surface area contributed by atoms with Gasteiger partial charge in [0, 0.05) is 11.3 Å². The van der Waals surface area contributed by atoms with Crippen molar-refractivity contribution in [1.82, 2.24) is 9.78 Å². The van der Waals surface area contributed by atoms with Crippen LogP contribution in [0.15, 0.2) is 66.7 Å². The lowest BCUT2D eigenvalue weighted by Gasteiger charge is -2.17. The third-order valence-electron chi connectivity index (χ3n) is 6.14. The maximum absolute atomic E-state index is 13.2. The summed E-state index contributed by atoms with van der Waals surface area (Å²) >= 11 is 0. The molecule has 7 heteroatoms. The van der Waals surface area contributed by atoms with Gasteiger partial charge in [-0.2, -0.15) is 5.10 Å². The minimum atomic E-state index is -0.434. The van der Waals surface area contributed by atoms with Crippen molar-refractivity contribution in [3.05, 3.63) is 106 Å². The van der Waals surface area contributed by atoms with Gasteiger partial charge in [-0.1, -0.05) is 24.3 Å². The first-order chi connectivity index (χ1) is 16.7. The molecule has 0 bridgehead atoms. The fraction of sp³-hybridized carbons (Fsp3) is 0.143. The molecule has 1 N–H and O–H groups in total. The molecular formula is C28H24N4O3. The van der Waals surface area contributed by atoms with Gasteiger partial charge in [-0.3, -0.25) is 14.4 Å². The van der Waals surface area contributed by atoms with Crippen LogP contribution in [0.25, 0.3) is 5.69 Å². The lowest BCUT2D eigenvalue weighted by Crippen LogP contribution is -2.30. The van der Waals surface area contributed by atoms with E-state index in [2.05, 4.69) is 10.4 Å². The Morgan fingerprint density at radius 3 is 2.29 bits per heavy atom. The number of fused-ring (bicyclic) bond motifs is 1. The number of amides is 3. The number of carbonyl (C=O) groups excluding carboxylic acids is 3. The van der Waals surface area contributed by atoms with Gasteiger partial charge in [-0.15, -0.1) is 0 Å². The summed E-state index contributed by atoms with van der Waals surface area (Å²) in [5.41, 5.74) is 6.26. The molecule has 35 heavy (non-hydrogen) atoms. The zero-order valence-electron chi connectivity index (χ0n) is 19.9. The molecule has 0 aliphatic carbocycles. The van der Waals surface area contributed by atoms with Gasteiger partial charge in [-0.25, -0.2) is 9.58 Å². The number of nitrogens with one attached hydrogen (secondary N) is 1. The Morgan fingerprint density at radius 1 is 0.800 bits per heavy atom. The molecule has 0 saturated heterocycles. The van der Waals surface area contributed by atoms with Gasteiger partial charge in [-0.05, 0) is 81.3 Å². The van der Waals surface area contributed by atoms with E-state index >= 15 is 0 Å². The van der Waals surface area contributed by atoms with Gasteiger partial charge in [0.25, 0.3) is 17.7 Å². The number of para-hydroxylation sites is 2. The molecule has 4 aromatic rings. The fourth-order valence-corrected chi connectivity index (χ4v) is 4.39. The van der Waals surface area contributed by atoms with Crippen molar-refractivity contribution >= 4 is 29.1 Å². The molecule has 174 valence electrons. The molecule has 0 radical (unpaired) electrons. The van der Waals surface area contributed by atoms with E-state index in [-0.39, 0.29) is 28.5 Å². The number of aryl methyl sites for hydroxylation is 4. The standard InChI is InChI=1S/C28H24N4O3/c1-16-9-10-17(2)25(13-16)31-27(34)21-12-11-20(15-22(21)28(31)35)26(33)29-23-7-5-6-8-24(23)32-19(4)14-18(3)30-32/h5-15H,1-4H3,(H,29,33). The number of rotatable bonds is 4. The first-order valence-corrected chi connectivity index (χ1v) is 11.3. The van der Waals surface area contributed by atoms with Crippen LogP contribution in [0.3, 0.4) is 0 Å². The van der Waals surface area contributed by atoms with Crippen molar-refractivity contribution in [3.63, 3.8) is 0 Å². The highest BCUT2D eigenvalue weighted by molar-refractivity contribution is 6.35. The van der Waals surface area contributed by atoms with E-state index in [1.165, 1.54) is 11.0 Å². The smallest absolute Gasteiger partial charge is 0.266 e. The van der Waals surface area contributed by atoms with Crippen LogP contribution in [0.1, 0.15) is 53.6 Å². The lowest BCUT2D eigenvalue weighted by atomic mass is 10.1. The monoisotopic (exact) mass is 464 g/mol. The van der Waals surface area contributed by atoms with Crippen LogP contribution in [-0.2, 0) is 0 Å². The molecule has 0 saturated carbocycles. The molecule has 3 amide bonds. The van der Waals surface area contributed by atoms with E-state index in [1.807, 2.05) is 70.2 Å². The Bertz CT molecular complexity index is 1530. The number of aromatic nitrogens is 2. The van der Waals surface area contributed by atoms with E-state index in [0.29, 0.717) is 11.4 Å². The zero-order chi connectivity index (χ0) is 24.9. The Morgan fingerprint density at radius 2 is 1.54 bits per heavy atom. The fourth-order valence-electron chi connectivity index (χ4n) is 4.39. The largest absolute Gasteiger partial charge is 0.320 e. The second kappa shape index (κ2) is 8.36. The Balaban J connectivity index is 1.46. The quantitative estimate of drug-likeness (QED) is 0.423. The minimum Gasteiger partial charge on any atom is -0.320 e. The van der Waals surface area contributed by atoms with Crippen molar-refractivity contribution in [3.8, 4) is 5.69 Å². The van der Waals surface area contributed by atoms with Crippen LogP contribution in [0.5, 0.6) is 0 Å². The van der Waals surface area contributed by atoms with Crippen molar-refractivity contribution in [2.75, 3.05) is 10.2 Å². The van der Waals surface area contributed by atoms with Crippen LogP contribution >= 0.6 is 0 Å². The number of nitrogens with zero attached hydrogens (tertiary/aromatic N) is 3. The second-order valence-electron chi connectivity index (χ2n) is 8.81. The summed E-state index contributed by atoms with van der Waals surface area (Å²) in [6.07, 6.45) is 0. The molecular weight excluding hydrogens is 440 g/mol. The summed E-state index contributed by atoms with van der Waals surface area (Å²) in [4.78, 5) is 40.7. The van der Waals surface area contributed by atoms with Gasteiger partial charge in [0.05, 0.1) is 33.9 Å². The summed E-state index contributed by atoms with van der Waals surface area (Å²) in [7, 11) is 0. The first-order valence-electron chi connectivity index (χ1n) is 11.3. The topological polar surface area (TPSA) is 84.3 Å². The molecule has 5 rings (SSSR count). The third kappa shape index (κ3) is 3.81. The minimum absolute atomic E-state index is 0.218. The van der Waals surface area contributed by atoms with E-state index in [9.17, 15) is 14.4 Å². The summed E-state index contributed by atoms with van der Waals surface area (Å²) in [6, 6.07) is 19.6. The van der Waals surface area contributed by atoms with Crippen LogP contribution in [0.2, 0.25) is 0 Å². The van der Waals surface area contributed by atoms with Crippen molar-refractivity contribution < 1.29 is 14.4 Å². The van der Waals surface area contributed by atoms with E-state index in [4.69, 9.17) is 0 Å². The van der Waals surface area contributed by atoms with Crippen molar-refractivity contribution in [2.24, 2.45) is 0 Å². The number of imide groups is 1. The van der Waals surface area contributed by atoms with E-state index < -0.39 is 5.91 Å². The average molecular weight is 465 g/mol. The maximum Gasteiger partial charge on any atom is 0.266 e. The number of carbonyl (C=O) groups is 3. The number of hydrogen-bond donors (Lipinski definition) is 1. The number of hydrogen-bond acceptors (Lipinski definition) is 4. The van der Waals surface area contributed by atoms with Gasteiger partial charge < -0.3 is 5.32 Å². The Hall–Kier alpha value is -4.52. The normalized spacial score (nSPS) is 12.7. The van der Waals surface area contributed by atoms with Crippen LogP contribution < -0.4 is 10.2 Å². The molecule has 0 unspecified atom stereocenters. The Kier molecular flexibility index (Phi) is 5.32. The predicted octanol–water partition coefficient (Wildman–Crippen LogP) is 5.16. The highest BCUT2D eigenvalue weighted by Gasteiger charge is 2.37. The van der Waals surface area contributed by atoms with Crippen molar-refractivity contribution in [2.45, 2.75) is 27.7 Å². The third-order valence-corrected chi connectivity index (χ3v) is 6.14. The van der Waals surface area contributed by atoms with Crippen LogP contribution in [0, 0.1) is 27.7 Å². The summed E-state index contributed by atoms with van der Waals surface area (Å²) in [5, 5.41) is 7.44. The van der Waals surface area contributed by atoms with Gasteiger partial charge in [0.2, 0.25) is 0 Å². The SMILES string of the molecule is Cc1ccc(C)c(N2C(=O)c3ccc(C(=O)Nc4ccccc4-n4nc(C)cc4C)cc3C2=O)c1. The molecule has 2 heterocycles. The lowest BCUT2D eigenvalue weighted by molar-refractivity contribution is 0.0925. The molecule has 1 aromatic heterocycles. The van der Waals surface area contributed by atoms with Crippen LogP contribution in [0.4, 0.5) is 11.4 Å². The molecule has 0 fully saturated rings. The molecule has 7 nitrogen and oxygen atoms in total.